The first-order chi connectivity index (χ1) is 9.72. The summed E-state index contributed by atoms with van der Waals surface area (Å²) in [6.45, 7) is 3.10. The minimum absolute atomic E-state index is 0.160. The normalized spacial score (nSPS) is 14.2. The number of fused-ring (bicyclic) bond motifs is 1. The van der Waals surface area contributed by atoms with Crippen LogP contribution in [0, 0.1) is 0 Å². The van der Waals surface area contributed by atoms with Gasteiger partial charge in [0, 0.05) is 12.6 Å². The van der Waals surface area contributed by atoms with Gasteiger partial charge < -0.3 is 19.9 Å². The third-order valence-electron chi connectivity index (χ3n) is 3.42. The third kappa shape index (κ3) is 2.70. The van der Waals surface area contributed by atoms with Crippen LogP contribution in [0.1, 0.15) is 24.1 Å². The molecule has 4 nitrogen and oxygen atoms in total. The first-order valence-corrected chi connectivity index (χ1v) is 6.63. The molecule has 104 valence electrons. The lowest BCUT2D eigenvalue weighted by Crippen LogP contribution is -2.17. The maximum absolute atomic E-state index is 9.49. The summed E-state index contributed by atoms with van der Waals surface area (Å²) in [4.78, 5) is 0. The highest BCUT2D eigenvalue weighted by molar-refractivity contribution is 5.44. The van der Waals surface area contributed by atoms with E-state index in [1.165, 1.54) is 0 Å². The Bertz CT molecular complexity index is 612. The van der Waals surface area contributed by atoms with Crippen LogP contribution in [-0.2, 0) is 6.54 Å². The Labute approximate surface area is 118 Å². The Balaban J connectivity index is 1.64. The van der Waals surface area contributed by atoms with E-state index in [4.69, 9.17) is 9.47 Å². The van der Waals surface area contributed by atoms with Crippen LogP contribution in [0.2, 0.25) is 0 Å². The number of phenolic OH excluding ortho intramolecular Hbond substituents is 1. The summed E-state index contributed by atoms with van der Waals surface area (Å²) in [5.41, 5.74) is 2.20. The molecule has 0 aliphatic carbocycles. The van der Waals surface area contributed by atoms with Gasteiger partial charge >= 0.3 is 0 Å². The minimum Gasteiger partial charge on any atom is -0.508 e. The molecule has 2 aromatic rings. The molecule has 1 aliphatic rings. The largest absolute Gasteiger partial charge is 0.508 e. The van der Waals surface area contributed by atoms with Crippen LogP contribution in [0.25, 0.3) is 0 Å². The molecule has 3 rings (SSSR count). The van der Waals surface area contributed by atoms with Crippen molar-refractivity contribution in [1.82, 2.24) is 5.32 Å². The molecule has 2 aromatic carbocycles. The van der Waals surface area contributed by atoms with Crippen LogP contribution in [0.15, 0.2) is 42.5 Å². The summed E-state index contributed by atoms with van der Waals surface area (Å²) < 4.78 is 10.7. The lowest BCUT2D eigenvalue weighted by molar-refractivity contribution is 0.174. The Morgan fingerprint density at radius 2 is 2.00 bits per heavy atom. The van der Waals surface area contributed by atoms with E-state index in [9.17, 15) is 5.11 Å². The molecule has 0 fully saturated rings. The van der Waals surface area contributed by atoms with E-state index >= 15 is 0 Å². The zero-order valence-electron chi connectivity index (χ0n) is 11.3. The van der Waals surface area contributed by atoms with E-state index in [1.807, 2.05) is 30.3 Å². The highest BCUT2D eigenvalue weighted by Crippen LogP contribution is 2.32. The van der Waals surface area contributed by atoms with Crippen molar-refractivity contribution in [1.29, 1.82) is 0 Å². The van der Waals surface area contributed by atoms with Gasteiger partial charge in [-0.15, -0.1) is 0 Å². The smallest absolute Gasteiger partial charge is 0.231 e. The van der Waals surface area contributed by atoms with Crippen molar-refractivity contribution in [2.75, 3.05) is 6.79 Å². The molecule has 0 aromatic heterocycles. The van der Waals surface area contributed by atoms with E-state index in [1.54, 1.807) is 12.1 Å². The van der Waals surface area contributed by atoms with Gasteiger partial charge in [-0.3, -0.25) is 0 Å². The van der Waals surface area contributed by atoms with Gasteiger partial charge in [0.05, 0.1) is 0 Å². The average Bonchev–Trinajstić information content (AvgIpc) is 2.92. The first-order valence-electron chi connectivity index (χ1n) is 6.63. The first kappa shape index (κ1) is 12.8. The molecule has 0 saturated heterocycles. The summed E-state index contributed by atoms with van der Waals surface area (Å²) in [5.74, 6) is 1.89. The summed E-state index contributed by atoms with van der Waals surface area (Å²) in [7, 11) is 0. The Kier molecular flexibility index (Phi) is 3.48. The summed E-state index contributed by atoms with van der Waals surface area (Å²) >= 11 is 0. The van der Waals surface area contributed by atoms with Crippen LogP contribution in [0.4, 0.5) is 0 Å². The zero-order chi connectivity index (χ0) is 13.9. The summed E-state index contributed by atoms with van der Waals surface area (Å²) in [6, 6.07) is 13.4. The summed E-state index contributed by atoms with van der Waals surface area (Å²) in [5, 5.41) is 12.9. The van der Waals surface area contributed by atoms with Gasteiger partial charge in [-0.1, -0.05) is 18.2 Å². The number of ether oxygens (including phenoxy) is 2. The number of rotatable bonds is 4. The number of aromatic hydroxyl groups is 1. The fourth-order valence-electron chi connectivity index (χ4n) is 2.23. The highest BCUT2D eigenvalue weighted by Gasteiger charge is 2.13. The van der Waals surface area contributed by atoms with E-state index in [0.717, 1.165) is 29.2 Å². The molecule has 0 unspecified atom stereocenters. The van der Waals surface area contributed by atoms with Crippen LogP contribution in [-0.4, -0.2) is 11.9 Å². The monoisotopic (exact) mass is 271 g/mol. The van der Waals surface area contributed by atoms with Gasteiger partial charge in [-0.2, -0.15) is 0 Å². The number of benzene rings is 2. The fourth-order valence-corrected chi connectivity index (χ4v) is 2.23. The second-order valence-corrected chi connectivity index (χ2v) is 4.89. The van der Waals surface area contributed by atoms with Crippen molar-refractivity contribution in [3.8, 4) is 17.2 Å². The third-order valence-corrected chi connectivity index (χ3v) is 3.42. The van der Waals surface area contributed by atoms with E-state index in [0.29, 0.717) is 12.5 Å². The molecular formula is C16H17NO3. The molecule has 0 bridgehead atoms. The number of hydrogen-bond acceptors (Lipinski definition) is 4. The molecule has 1 aliphatic heterocycles. The van der Waals surface area contributed by atoms with E-state index in [-0.39, 0.29) is 6.04 Å². The van der Waals surface area contributed by atoms with Crippen molar-refractivity contribution < 1.29 is 14.6 Å². The number of hydrogen-bond donors (Lipinski definition) is 2. The lowest BCUT2D eigenvalue weighted by Gasteiger charge is -2.14. The van der Waals surface area contributed by atoms with Gasteiger partial charge in [-0.25, -0.2) is 0 Å². The van der Waals surface area contributed by atoms with Crippen molar-refractivity contribution in [3.63, 3.8) is 0 Å². The van der Waals surface area contributed by atoms with E-state index < -0.39 is 0 Å². The van der Waals surface area contributed by atoms with Gasteiger partial charge in [0.25, 0.3) is 0 Å². The quantitative estimate of drug-likeness (QED) is 0.897. The van der Waals surface area contributed by atoms with E-state index in [2.05, 4.69) is 12.2 Å². The predicted molar refractivity (Wildman–Crippen MR) is 75.9 cm³/mol. The van der Waals surface area contributed by atoms with Gasteiger partial charge in [0.2, 0.25) is 6.79 Å². The Morgan fingerprint density at radius 3 is 2.85 bits per heavy atom. The standard InChI is InChI=1S/C16H17NO3/c1-11(13-3-2-4-14(18)8-13)17-9-12-5-6-15-16(7-12)20-10-19-15/h2-8,11,17-18H,9-10H2,1H3/t11-/m0/s1. The SMILES string of the molecule is C[C@H](NCc1ccc2c(c1)OCO2)c1cccc(O)c1. The zero-order valence-corrected chi connectivity index (χ0v) is 11.3. The Hall–Kier alpha value is -2.20. The topological polar surface area (TPSA) is 50.7 Å². The Morgan fingerprint density at radius 1 is 1.15 bits per heavy atom. The van der Waals surface area contributed by atoms with Gasteiger partial charge in [-0.05, 0) is 42.3 Å². The van der Waals surface area contributed by atoms with Crippen molar-refractivity contribution in [2.24, 2.45) is 0 Å². The highest BCUT2D eigenvalue weighted by atomic mass is 16.7. The molecule has 0 spiro atoms. The molecule has 4 heteroatoms. The van der Waals surface area contributed by atoms with Crippen molar-refractivity contribution in [3.05, 3.63) is 53.6 Å². The summed E-state index contributed by atoms with van der Waals surface area (Å²) in [6.07, 6.45) is 0. The molecule has 0 saturated carbocycles. The van der Waals surface area contributed by atoms with Crippen molar-refractivity contribution >= 4 is 0 Å². The molecule has 1 heterocycles. The van der Waals surface area contributed by atoms with Crippen LogP contribution in [0.5, 0.6) is 17.2 Å². The lowest BCUT2D eigenvalue weighted by atomic mass is 10.1. The molecule has 20 heavy (non-hydrogen) atoms. The minimum atomic E-state index is 0.160. The maximum Gasteiger partial charge on any atom is 0.231 e. The van der Waals surface area contributed by atoms with Crippen LogP contribution in [0.3, 0.4) is 0 Å². The predicted octanol–water partition coefficient (Wildman–Crippen LogP) is 2.97. The molecule has 2 N–H and O–H groups in total. The fraction of sp³-hybridized carbons (Fsp3) is 0.250. The van der Waals surface area contributed by atoms with Crippen LogP contribution >= 0.6 is 0 Å². The second kappa shape index (κ2) is 5.43. The number of nitrogens with one attached hydrogen (secondary N) is 1. The average molecular weight is 271 g/mol. The second-order valence-electron chi connectivity index (χ2n) is 4.89. The molecule has 0 amide bonds. The molecule has 1 atom stereocenters. The van der Waals surface area contributed by atoms with Crippen LogP contribution < -0.4 is 14.8 Å². The maximum atomic E-state index is 9.49. The van der Waals surface area contributed by atoms with Gasteiger partial charge in [0.1, 0.15) is 5.75 Å². The molecule has 0 radical (unpaired) electrons. The number of phenols is 1. The van der Waals surface area contributed by atoms with Gasteiger partial charge in [0.15, 0.2) is 11.5 Å². The molecular weight excluding hydrogens is 254 g/mol. The van der Waals surface area contributed by atoms with Crippen molar-refractivity contribution in [2.45, 2.75) is 19.5 Å².